The van der Waals surface area contributed by atoms with Gasteiger partial charge < -0.3 is 0 Å². The number of benzene rings is 1. The van der Waals surface area contributed by atoms with E-state index in [9.17, 15) is 0 Å². The summed E-state index contributed by atoms with van der Waals surface area (Å²) in [6, 6.07) is 6.27. The molecule has 0 bridgehead atoms. The molecule has 0 saturated heterocycles. The van der Waals surface area contributed by atoms with Crippen LogP contribution in [0.4, 0.5) is 0 Å². The van der Waals surface area contributed by atoms with E-state index in [0.29, 0.717) is 0 Å². The number of thiol groups is 1. The summed E-state index contributed by atoms with van der Waals surface area (Å²) in [5.41, 5.74) is 3.91. The molecule has 0 fully saturated rings. The highest BCUT2D eigenvalue weighted by atomic mass is 32.1. The van der Waals surface area contributed by atoms with Crippen LogP contribution in [0.25, 0.3) is 6.08 Å². The Morgan fingerprint density at radius 2 is 2.00 bits per heavy atom. The molecule has 1 aromatic rings. The van der Waals surface area contributed by atoms with Crippen LogP contribution in [0.2, 0.25) is 0 Å². The van der Waals surface area contributed by atoms with Crippen LogP contribution >= 0.6 is 12.6 Å². The lowest BCUT2D eigenvalue weighted by Crippen LogP contribution is -1.83. The second-order valence-electron chi connectivity index (χ2n) is 2.60. The highest BCUT2D eigenvalue weighted by molar-refractivity contribution is 7.83. The fraction of sp³-hybridized carbons (Fsp3) is 0.200. The lowest BCUT2D eigenvalue weighted by atomic mass is 10.0. The summed E-state index contributed by atoms with van der Waals surface area (Å²) in [5.74, 6) is 0. The van der Waals surface area contributed by atoms with Gasteiger partial charge in [-0.1, -0.05) is 18.2 Å². The molecule has 0 atom stereocenters. The van der Waals surface area contributed by atoms with Gasteiger partial charge in [0.25, 0.3) is 0 Å². The van der Waals surface area contributed by atoms with Crippen molar-refractivity contribution in [3.63, 3.8) is 0 Å². The molecule has 0 nitrogen and oxygen atoms in total. The molecule has 58 valence electrons. The summed E-state index contributed by atoms with van der Waals surface area (Å²) >= 11 is 4.03. The van der Waals surface area contributed by atoms with Crippen LogP contribution in [0.3, 0.4) is 0 Å². The van der Waals surface area contributed by atoms with Gasteiger partial charge in [-0.15, -0.1) is 0 Å². The second kappa shape index (κ2) is 3.63. The van der Waals surface area contributed by atoms with Crippen molar-refractivity contribution in [1.82, 2.24) is 0 Å². The van der Waals surface area contributed by atoms with Crippen LogP contribution in [0.1, 0.15) is 16.7 Å². The molecule has 0 aliphatic rings. The quantitative estimate of drug-likeness (QED) is 0.605. The monoisotopic (exact) mass is 164 g/mol. The summed E-state index contributed by atoms with van der Waals surface area (Å²) in [5, 5.41) is 1.77. The molecule has 0 aliphatic heterocycles. The third-order valence-electron chi connectivity index (χ3n) is 1.90. The van der Waals surface area contributed by atoms with E-state index in [0.717, 1.165) is 0 Å². The van der Waals surface area contributed by atoms with E-state index in [4.69, 9.17) is 0 Å². The van der Waals surface area contributed by atoms with Gasteiger partial charge in [0, 0.05) is 0 Å². The lowest BCUT2D eigenvalue weighted by molar-refractivity contribution is 1.33. The van der Waals surface area contributed by atoms with Crippen LogP contribution in [0.5, 0.6) is 0 Å². The number of hydrogen-bond donors (Lipinski definition) is 1. The second-order valence-corrected chi connectivity index (χ2v) is 2.90. The smallest absolute Gasteiger partial charge is 0.0220 e. The average molecular weight is 164 g/mol. The molecule has 0 radical (unpaired) electrons. The molecule has 1 heteroatoms. The van der Waals surface area contributed by atoms with Crippen LogP contribution < -0.4 is 0 Å². The predicted molar refractivity (Wildman–Crippen MR) is 53.9 cm³/mol. The first-order valence-electron chi connectivity index (χ1n) is 3.62. The molecule has 0 saturated carbocycles. The third kappa shape index (κ3) is 1.87. The zero-order valence-electron chi connectivity index (χ0n) is 6.83. The fourth-order valence-corrected chi connectivity index (χ4v) is 1.20. The van der Waals surface area contributed by atoms with Gasteiger partial charge in [0.1, 0.15) is 0 Å². The first-order chi connectivity index (χ1) is 5.25. The highest BCUT2D eigenvalue weighted by Gasteiger charge is 1.94. The Morgan fingerprint density at radius 1 is 1.27 bits per heavy atom. The Kier molecular flexibility index (Phi) is 2.77. The van der Waals surface area contributed by atoms with Crippen molar-refractivity contribution < 1.29 is 0 Å². The molecule has 1 rings (SSSR count). The third-order valence-corrected chi connectivity index (χ3v) is 2.05. The fourth-order valence-electron chi connectivity index (χ4n) is 1.03. The van der Waals surface area contributed by atoms with E-state index in [-0.39, 0.29) is 0 Å². The minimum absolute atomic E-state index is 1.25. The molecular weight excluding hydrogens is 152 g/mol. The van der Waals surface area contributed by atoms with Crippen LogP contribution in [-0.4, -0.2) is 0 Å². The number of rotatable bonds is 1. The van der Waals surface area contributed by atoms with Crippen molar-refractivity contribution in [3.8, 4) is 0 Å². The molecule has 11 heavy (non-hydrogen) atoms. The molecule has 0 aliphatic carbocycles. The molecular formula is C10H12S. The van der Waals surface area contributed by atoms with Gasteiger partial charge in [-0.05, 0) is 42.0 Å². The maximum atomic E-state index is 4.03. The normalized spacial score (nSPS) is 10.8. The molecule has 0 spiro atoms. The SMILES string of the molecule is Cc1cccc(/C=C\S)c1C. The summed E-state index contributed by atoms with van der Waals surface area (Å²) in [6.45, 7) is 4.24. The highest BCUT2D eigenvalue weighted by Crippen LogP contribution is 2.13. The van der Waals surface area contributed by atoms with E-state index in [1.165, 1.54) is 16.7 Å². The van der Waals surface area contributed by atoms with E-state index >= 15 is 0 Å². The van der Waals surface area contributed by atoms with Crippen molar-refractivity contribution in [3.05, 3.63) is 40.3 Å². The van der Waals surface area contributed by atoms with Crippen molar-refractivity contribution in [1.29, 1.82) is 0 Å². The van der Waals surface area contributed by atoms with Gasteiger partial charge in [0.2, 0.25) is 0 Å². The maximum absolute atomic E-state index is 4.03. The molecule has 0 aromatic heterocycles. The Hall–Kier alpha value is -0.690. The van der Waals surface area contributed by atoms with Crippen molar-refractivity contribution in [2.75, 3.05) is 0 Å². The molecule has 1 aromatic carbocycles. The molecule has 0 N–H and O–H groups in total. The first-order valence-corrected chi connectivity index (χ1v) is 4.14. The van der Waals surface area contributed by atoms with Crippen LogP contribution in [0.15, 0.2) is 23.6 Å². The molecule has 0 amide bonds. The number of hydrogen-bond acceptors (Lipinski definition) is 1. The van der Waals surface area contributed by atoms with Crippen LogP contribution in [0, 0.1) is 13.8 Å². The van der Waals surface area contributed by atoms with E-state index < -0.39 is 0 Å². The zero-order valence-corrected chi connectivity index (χ0v) is 7.73. The van der Waals surface area contributed by atoms with Gasteiger partial charge in [-0.2, -0.15) is 12.6 Å². The van der Waals surface area contributed by atoms with Gasteiger partial charge in [-0.25, -0.2) is 0 Å². The minimum atomic E-state index is 1.25. The van der Waals surface area contributed by atoms with Gasteiger partial charge in [0.05, 0.1) is 0 Å². The Morgan fingerprint density at radius 3 is 2.64 bits per heavy atom. The summed E-state index contributed by atoms with van der Waals surface area (Å²) in [6.07, 6.45) is 2.01. The lowest BCUT2D eigenvalue weighted by Gasteiger charge is -2.02. The van der Waals surface area contributed by atoms with Gasteiger partial charge in [-0.3, -0.25) is 0 Å². The summed E-state index contributed by atoms with van der Waals surface area (Å²) in [7, 11) is 0. The largest absolute Gasteiger partial charge is 0.151 e. The minimum Gasteiger partial charge on any atom is -0.151 e. The first kappa shape index (κ1) is 8.41. The zero-order chi connectivity index (χ0) is 8.27. The van der Waals surface area contributed by atoms with Crippen molar-refractivity contribution in [2.24, 2.45) is 0 Å². The molecule has 0 heterocycles. The van der Waals surface area contributed by atoms with Crippen molar-refractivity contribution >= 4 is 18.7 Å². The van der Waals surface area contributed by atoms with E-state index in [1.807, 2.05) is 6.08 Å². The predicted octanol–water partition coefficient (Wildman–Crippen LogP) is 3.20. The van der Waals surface area contributed by atoms with Gasteiger partial charge >= 0.3 is 0 Å². The maximum Gasteiger partial charge on any atom is -0.0220 e. The van der Waals surface area contributed by atoms with Gasteiger partial charge in [0.15, 0.2) is 0 Å². The Bertz CT molecular complexity index is 274. The number of aryl methyl sites for hydroxylation is 1. The van der Waals surface area contributed by atoms with E-state index in [1.54, 1.807) is 5.41 Å². The topological polar surface area (TPSA) is 0 Å². The molecule has 0 unspecified atom stereocenters. The van der Waals surface area contributed by atoms with Crippen molar-refractivity contribution in [2.45, 2.75) is 13.8 Å². The summed E-state index contributed by atoms with van der Waals surface area (Å²) in [4.78, 5) is 0. The standard InChI is InChI=1S/C10H12S/c1-8-4-3-5-10(6-7-11)9(8)2/h3-7,11H,1-2H3/b7-6-. The van der Waals surface area contributed by atoms with Crippen LogP contribution in [-0.2, 0) is 0 Å². The Balaban J connectivity index is 3.16. The average Bonchev–Trinajstić information content (AvgIpc) is 1.99. The van der Waals surface area contributed by atoms with E-state index in [2.05, 4.69) is 44.7 Å². The Labute approximate surface area is 73.4 Å². The summed E-state index contributed by atoms with van der Waals surface area (Å²) < 4.78 is 0.